The van der Waals surface area contributed by atoms with Crippen molar-refractivity contribution in [2.75, 3.05) is 27.9 Å². The molecule has 1 aliphatic heterocycles. The van der Waals surface area contributed by atoms with E-state index in [1.165, 1.54) is 7.11 Å². The summed E-state index contributed by atoms with van der Waals surface area (Å²) in [6.07, 6.45) is 2.10. The molecular weight excluding hydrogens is 422 g/mol. The summed E-state index contributed by atoms with van der Waals surface area (Å²) in [5, 5.41) is 2.87. The van der Waals surface area contributed by atoms with Crippen molar-refractivity contribution in [3.8, 4) is 17.2 Å². The highest BCUT2D eigenvalue weighted by Gasteiger charge is 2.33. The largest absolute Gasteiger partial charge is 0.493 e. The number of rotatable bonds is 6. The molecule has 0 aliphatic carbocycles. The first-order valence-corrected chi connectivity index (χ1v) is 10.7. The summed E-state index contributed by atoms with van der Waals surface area (Å²) in [5.74, 6) is 0.824. The second kappa shape index (κ2) is 9.68. The molecule has 1 atom stereocenters. The quantitative estimate of drug-likeness (QED) is 0.581. The number of para-hydroxylation sites is 1. The van der Waals surface area contributed by atoms with E-state index in [4.69, 9.17) is 9.47 Å². The maximum absolute atomic E-state index is 13.4. The van der Waals surface area contributed by atoms with Gasteiger partial charge in [0, 0.05) is 18.4 Å². The van der Waals surface area contributed by atoms with Crippen molar-refractivity contribution >= 4 is 12.0 Å². The highest BCUT2D eigenvalue weighted by Crippen LogP contribution is 2.39. The number of aromatic nitrogens is 1. The van der Waals surface area contributed by atoms with Gasteiger partial charge < -0.3 is 29.0 Å². The van der Waals surface area contributed by atoms with Crippen molar-refractivity contribution in [1.82, 2.24) is 14.8 Å². The molecule has 2 amide bonds. The van der Waals surface area contributed by atoms with E-state index in [1.807, 2.05) is 60.8 Å². The Kier molecular flexibility index (Phi) is 6.53. The fourth-order valence-electron chi connectivity index (χ4n) is 4.19. The minimum atomic E-state index is -0.398. The second-order valence-corrected chi connectivity index (χ2v) is 7.63. The third-order valence-corrected chi connectivity index (χ3v) is 5.78. The first-order valence-electron chi connectivity index (χ1n) is 10.7. The summed E-state index contributed by atoms with van der Waals surface area (Å²) in [7, 11) is 4.51. The predicted octanol–water partition coefficient (Wildman–Crippen LogP) is 3.67. The van der Waals surface area contributed by atoms with Crippen LogP contribution in [0.25, 0.3) is 5.69 Å². The summed E-state index contributed by atoms with van der Waals surface area (Å²) < 4.78 is 17.7. The Morgan fingerprint density at radius 3 is 2.55 bits per heavy atom. The number of hydrogen-bond donors (Lipinski definition) is 1. The van der Waals surface area contributed by atoms with Crippen LogP contribution in [-0.4, -0.2) is 49.3 Å². The number of fused-ring (bicyclic) bond motifs is 3. The number of ether oxygens (including phenoxy) is 3. The molecule has 0 bridgehead atoms. The number of benzene rings is 2. The fourth-order valence-corrected chi connectivity index (χ4v) is 4.19. The normalized spacial score (nSPS) is 14.5. The lowest BCUT2D eigenvalue weighted by Gasteiger charge is -2.31. The van der Waals surface area contributed by atoms with E-state index in [1.54, 1.807) is 19.1 Å². The Morgan fingerprint density at radius 1 is 1.00 bits per heavy atom. The molecule has 3 aromatic rings. The summed E-state index contributed by atoms with van der Waals surface area (Å²) in [4.78, 5) is 26.7. The third-order valence-electron chi connectivity index (χ3n) is 5.78. The number of nitrogens with one attached hydrogen (secondary N) is 1. The Hall–Kier alpha value is -3.94. The van der Waals surface area contributed by atoms with Crippen molar-refractivity contribution in [2.45, 2.75) is 19.0 Å². The molecule has 2 aromatic carbocycles. The molecule has 4 rings (SSSR count). The van der Waals surface area contributed by atoms with E-state index in [-0.39, 0.29) is 25.0 Å². The zero-order valence-corrected chi connectivity index (χ0v) is 18.9. The smallest absolute Gasteiger partial charge is 0.318 e. The minimum Gasteiger partial charge on any atom is -0.493 e. The topological polar surface area (TPSA) is 82.0 Å². The molecule has 0 radical (unpaired) electrons. The van der Waals surface area contributed by atoms with Crippen LogP contribution < -0.4 is 14.8 Å². The number of carbonyl (C=O) groups excluding carboxylic acids is 2. The number of nitrogens with zero attached hydrogens (tertiary/aromatic N) is 2. The SMILES string of the molecule is COC(=O)CCNC(=O)N1Cc2ccccc2-n2cccc2[C@@H]1c1ccc(OC)c(OC)c1. The summed E-state index contributed by atoms with van der Waals surface area (Å²) in [6, 6.07) is 17.0. The van der Waals surface area contributed by atoms with Crippen molar-refractivity contribution < 1.29 is 23.8 Å². The average Bonchev–Trinajstić information content (AvgIpc) is 3.27. The van der Waals surface area contributed by atoms with Crippen LogP contribution in [0.15, 0.2) is 60.8 Å². The van der Waals surface area contributed by atoms with Crippen molar-refractivity contribution in [3.05, 3.63) is 77.6 Å². The summed E-state index contributed by atoms with van der Waals surface area (Å²) >= 11 is 0. The van der Waals surface area contributed by atoms with E-state index in [0.717, 1.165) is 22.5 Å². The van der Waals surface area contributed by atoms with E-state index in [2.05, 4.69) is 14.6 Å². The molecule has 8 nitrogen and oxygen atoms in total. The van der Waals surface area contributed by atoms with Gasteiger partial charge in [0.15, 0.2) is 11.5 Å². The monoisotopic (exact) mass is 449 g/mol. The molecule has 8 heteroatoms. The van der Waals surface area contributed by atoms with Gasteiger partial charge in [0.25, 0.3) is 0 Å². The van der Waals surface area contributed by atoms with Crippen LogP contribution >= 0.6 is 0 Å². The molecule has 33 heavy (non-hydrogen) atoms. The number of carbonyl (C=O) groups is 2. The minimum absolute atomic E-state index is 0.101. The Bertz CT molecular complexity index is 1160. The van der Waals surface area contributed by atoms with Crippen LogP contribution in [0.1, 0.15) is 29.3 Å². The van der Waals surface area contributed by atoms with Gasteiger partial charge in [-0.25, -0.2) is 4.79 Å². The maximum Gasteiger partial charge on any atom is 0.318 e. The summed E-state index contributed by atoms with van der Waals surface area (Å²) in [6.45, 7) is 0.574. The molecule has 0 spiro atoms. The molecular formula is C25H27N3O5. The first kappa shape index (κ1) is 22.3. The second-order valence-electron chi connectivity index (χ2n) is 7.63. The highest BCUT2D eigenvalue weighted by molar-refractivity contribution is 5.77. The third kappa shape index (κ3) is 4.37. The molecule has 1 aliphatic rings. The predicted molar refractivity (Wildman–Crippen MR) is 123 cm³/mol. The molecule has 1 N–H and O–H groups in total. The number of urea groups is 1. The molecule has 2 heterocycles. The van der Waals surface area contributed by atoms with E-state index in [0.29, 0.717) is 18.0 Å². The number of esters is 1. The molecule has 1 aromatic heterocycles. The van der Waals surface area contributed by atoms with Gasteiger partial charge >= 0.3 is 12.0 Å². The van der Waals surface area contributed by atoms with Crippen LogP contribution in [0, 0.1) is 0 Å². The Morgan fingerprint density at radius 2 is 1.79 bits per heavy atom. The van der Waals surface area contributed by atoms with Gasteiger partial charge in [0.1, 0.15) is 0 Å². The molecule has 0 saturated heterocycles. The lowest BCUT2D eigenvalue weighted by atomic mass is 10.0. The fraction of sp³-hybridized carbons (Fsp3) is 0.280. The zero-order valence-electron chi connectivity index (χ0n) is 18.9. The number of amides is 2. The Labute approximate surface area is 192 Å². The maximum atomic E-state index is 13.4. The van der Waals surface area contributed by atoms with E-state index < -0.39 is 6.04 Å². The van der Waals surface area contributed by atoms with Crippen LogP contribution in [0.3, 0.4) is 0 Å². The standard InChI is InChI=1S/C25H27N3O5/c1-31-21-11-10-17(15-22(21)32-2)24-20-9-6-14-27(20)19-8-5-4-7-18(19)16-28(24)25(30)26-13-12-23(29)33-3/h4-11,14-15,24H,12-13,16H2,1-3H3,(H,26,30)/t24-/m0/s1. The first-order chi connectivity index (χ1) is 16.1. The van der Waals surface area contributed by atoms with Crippen molar-refractivity contribution in [3.63, 3.8) is 0 Å². The number of hydrogen-bond acceptors (Lipinski definition) is 5. The van der Waals surface area contributed by atoms with E-state index >= 15 is 0 Å². The van der Waals surface area contributed by atoms with Gasteiger partial charge in [-0.1, -0.05) is 24.3 Å². The summed E-state index contributed by atoms with van der Waals surface area (Å²) in [5.41, 5.74) is 3.85. The highest BCUT2D eigenvalue weighted by atomic mass is 16.5. The van der Waals surface area contributed by atoms with Crippen LogP contribution in [0.5, 0.6) is 11.5 Å². The van der Waals surface area contributed by atoms with Gasteiger partial charge in [-0.3, -0.25) is 4.79 Å². The van der Waals surface area contributed by atoms with Gasteiger partial charge in [-0.15, -0.1) is 0 Å². The van der Waals surface area contributed by atoms with Gasteiger partial charge in [-0.2, -0.15) is 0 Å². The lowest BCUT2D eigenvalue weighted by molar-refractivity contribution is -0.140. The lowest BCUT2D eigenvalue weighted by Crippen LogP contribution is -2.42. The van der Waals surface area contributed by atoms with E-state index in [9.17, 15) is 9.59 Å². The average molecular weight is 450 g/mol. The van der Waals surface area contributed by atoms with Gasteiger partial charge in [0.05, 0.1) is 46.0 Å². The van der Waals surface area contributed by atoms with Crippen molar-refractivity contribution in [2.24, 2.45) is 0 Å². The van der Waals surface area contributed by atoms with Crippen LogP contribution in [0.2, 0.25) is 0 Å². The van der Waals surface area contributed by atoms with Crippen LogP contribution in [-0.2, 0) is 16.1 Å². The van der Waals surface area contributed by atoms with Gasteiger partial charge in [0.2, 0.25) is 0 Å². The van der Waals surface area contributed by atoms with Crippen LogP contribution in [0.4, 0.5) is 4.79 Å². The van der Waals surface area contributed by atoms with Gasteiger partial charge in [-0.05, 0) is 41.5 Å². The Balaban J connectivity index is 1.78. The molecule has 0 fully saturated rings. The number of methoxy groups -OCH3 is 3. The molecule has 0 unspecified atom stereocenters. The zero-order chi connectivity index (χ0) is 23.4. The molecule has 0 saturated carbocycles. The molecule has 172 valence electrons. The van der Waals surface area contributed by atoms with Crippen molar-refractivity contribution in [1.29, 1.82) is 0 Å².